The van der Waals surface area contributed by atoms with E-state index in [4.69, 9.17) is 0 Å². The van der Waals surface area contributed by atoms with Crippen molar-refractivity contribution in [3.8, 4) is 0 Å². The Morgan fingerprint density at radius 3 is 2.83 bits per heavy atom. The van der Waals surface area contributed by atoms with Crippen LogP contribution >= 0.6 is 0 Å². The van der Waals surface area contributed by atoms with Crippen LogP contribution in [0.4, 0.5) is 0 Å². The molecule has 1 rings (SSSR count). The predicted molar refractivity (Wildman–Crippen MR) is 51.3 cm³/mol. The highest BCUT2D eigenvalue weighted by molar-refractivity contribution is 5.47. The van der Waals surface area contributed by atoms with Gasteiger partial charge in [0.05, 0.1) is 0 Å². The number of pyridine rings is 1. The molecule has 64 valence electrons. The summed E-state index contributed by atoms with van der Waals surface area (Å²) in [4.78, 5) is 14.0. The van der Waals surface area contributed by atoms with Crippen molar-refractivity contribution in [1.82, 2.24) is 4.98 Å². The Hall–Kier alpha value is -1.31. The van der Waals surface area contributed by atoms with E-state index in [0.29, 0.717) is 5.56 Å². The molecule has 2 nitrogen and oxygen atoms in total. The van der Waals surface area contributed by atoms with Crippen molar-refractivity contribution in [3.63, 3.8) is 0 Å². The standard InChI is InChI=1S/C10H13NO/c1-4-8-6-9(5-2)10(12)11-7(8)3/h5-6H,2,4H2,1,3H3,(H,11,12). The molecule has 2 heteroatoms. The van der Waals surface area contributed by atoms with Crippen LogP contribution in [0.3, 0.4) is 0 Å². The van der Waals surface area contributed by atoms with E-state index in [0.717, 1.165) is 12.1 Å². The van der Waals surface area contributed by atoms with Crippen LogP contribution in [-0.4, -0.2) is 4.98 Å². The summed E-state index contributed by atoms with van der Waals surface area (Å²) in [5.74, 6) is 0. The van der Waals surface area contributed by atoms with Gasteiger partial charge in [0.15, 0.2) is 0 Å². The zero-order valence-electron chi connectivity index (χ0n) is 7.48. The van der Waals surface area contributed by atoms with Gasteiger partial charge in [-0.1, -0.05) is 19.6 Å². The highest BCUT2D eigenvalue weighted by Gasteiger charge is 2.00. The van der Waals surface area contributed by atoms with Gasteiger partial charge in [-0.05, 0) is 25.0 Å². The first kappa shape index (κ1) is 8.78. The monoisotopic (exact) mass is 163 g/mol. The van der Waals surface area contributed by atoms with Crippen molar-refractivity contribution in [2.24, 2.45) is 0 Å². The Morgan fingerprint density at radius 1 is 1.67 bits per heavy atom. The smallest absolute Gasteiger partial charge is 0.255 e. The molecule has 0 fully saturated rings. The van der Waals surface area contributed by atoms with Crippen LogP contribution in [0.5, 0.6) is 0 Å². The van der Waals surface area contributed by atoms with E-state index in [2.05, 4.69) is 18.5 Å². The second-order valence-corrected chi connectivity index (χ2v) is 2.76. The van der Waals surface area contributed by atoms with Gasteiger partial charge in [-0.15, -0.1) is 0 Å². The second kappa shape index (κ2) is 3.39. The molecule has 1 N–H and O–H groups in total. The molecule has 0 aliphatic heterocycles. The van der Waals surface area contributed by atoms with Crippen LogP contribution in [-0.2, 0) is 6.42 Å². The summed E-state index contributed by atoms with van der Waals surface area (Å²) in [5, 5.41) is 0. The fraction of sp³-hybridized carbons (Fsp3) is 0.300. The van der Waals surface area contributed by atoms with Crippen molar-refractivity contribution in [1.29, 1.82) is 0 Å². The Labute approximate surface area is 71.9 Å². The lowest BCUT2D eigenvalue weighted by molar-refractivity contribution is 1.02. The fourth-order valence-corrected chi connectivity index (χ4v) is 1.20. The van der Waals surface area contributed by atoms with Gasteiger partial charge in [0.1, 0.15) is 0 Å². The highest BCUT2D eigenvalue weighted by Crippen LogP contribution is 2.05. The molecule has 0 atom stereocenters. The molecule has 0 bridgehead atoms. The number of hydrogen-bond donors (Lipinski definition) is 1. The quantitative estimate of drug-likeness (QED) is 0.709. The van der Waals surface area contributed by atoms with Crippen LogP contribution in [0, 0.1) is 6.92 Å². The summed E-state index contributed by atoms with van der Waals surface area (Å²) in [5.41, 5.74) is 2.72. The molecule has 0 aromatic carbocycles. The average Bonchev–Trinajstić information content (AvgIpc) is 2.05. The molecule has 1 aromatic heterocycles. The zero-order valence-corrected chi connectivity index (χ0v) is 7.48. The Kier molecular flexibility index (Phi) is 2.48. The van der Waals surface area contributed by atoms with E-state index in [1.54, 1.807) is 6.08 Å². The van der Waals surface area contributed by atoms with E-state index in [1.165, 1.54) is 5.56 Å². The second-order valence-electron chi connectivity index (χ2n) is 2.76. The maximum absolute atomic E-state index is 11.2. The number of nitrogens with one attached hydrogen (secondary N) is 1. The first-order valence-electron chi connectivity index (χ1n) is 4.04. The lowest BCUT2D eigenvalue weighted by Crippen LogP contribution is -2.12. The molecular formula is C10H13NO. The van der Waals surface area contributed by atoms with E-state index in [9.17, 15) is 4.79 Å². The summed E-state index contributed by atoms with van der Waals surface area (Å²) in [6.45, 7) is 7.55. The minimum absolute atomic E-state index is 0.0558. The fourth-order valence-electron chi connectivity index (χ4n) is 1.20. The minimum Gasteiger partial charge on any atom is -0.326 e. The zero-order chi connectivity index (χ0) is 9.14. The SMILES string of the molecule is C=Cc1cc(CC)c(C)[nH]c1=O. The number of aromatic amines is 1. The van der Waals surface area contributed by atoms with Gasteiger partial charge in [0, 0.05) is 11.3 Å². The van der Waals surface area contributed by atoms with Crippen LogP contribution in [0.1, 0.15) is 23.7 Å². The van der Waals surface area contributed by atoms with Gasteiger partial charge >= 0.3 is 0 Å². The Bertz CT molecular complexity index is 349. The molecule has 1 heterocycles. The van der Waals surface area contributed by atoms with Crippen molar-refractivity contribution in [2.75, 3.05) is 0 Å². The minimum atomic E-state index is -0.0558. The summed E-state index contributed by atoms with van der Waals surface area (Å²) >= 11 is 0. The van der Waals surface area contributed by atoms with Crippen molar-refractivity contribution >= 4 is 6.08 Å². The molecule has 12 heavy (non-hydrogen) atoms. The van der Waals surface area contributed by atoms with E-state index >= 15 is 0 Å². The van der Waals surface area contributed by atoms with E-state index in [1.807, 2.05) is 13.0 Å². The third-order valence-corrected chi connectivity index (χ3v) is 1.98. The topological polar surface area (TPSA) is 32.9 Å². The molecule has 1 aromatic rings. The number of aromatic nitrogens is 1. The van der Waals surface area contributed by atoms with E-state index in [-0.39, 0.29) is 5.56 Å². The Balaban J connectivity index is 3.37. The van der Waals surface area contributed by atoms with E-state index < -0.39 is 0 Å². The first-order valence-corrected chi connectivity index (χ1v) is 4.04. The maximum atomic E-state index is 11.2. The largest absolute Gasteiger partial charge is 0.326 e. The molecule has 0 saturated heterocycles. The number of rotatable bonds is 2. The molecule has 0 aliphatic carbocycles. The average molecular weight is 163 g/mol. The molecule has 0 spiro atoms. The van der Waals surface area contributed by atoms with Crippen molar-refractivity contribution < 1.29 is 0 Å². The van der Waals surface area contributed by atoms with Crippen LogP contribution in [0.15, 0.2) is 17.4 Å². The molecule has 0 aliphatic rings. The van der Waals surface area contributed by atoms with Crippen molar-refractivity contribution in [3.05, 3.63) is 39.8 Å². The number of hydrogen-bond acceptors (Lipinski definition) is 1. The molecule has 0 saturated carbocycles. The maximum Gasteiger partial charge on any atom is 0.255 e. The van der Waals surface area contributed by atoms with Gasteiger partial charge in [0.25, 0.3) is 5.56 Å². The van der Waals surface area contributed by atoms with Crippen LogP contribution < -0.4 is 5.56 Å². The molecule has 0 unspecified atom stereocenters. The van der Waals surface area contributed by atoms with Gasteiger partial charge < -0.3 is 4.98 Å². The Morgan fingerprint density at radius 2 is 2.33 bits per heavy atom. The van der Waals surface area contributed by atoms with Crippen LogP contribution in [0.25, 0.3) is 6.08 Å². The lowest BCUT2D eigenvalue weighted by atomic mass is 10.1. The predicted octanol–water partition coefficient (Wildman–Crippen LogP) is 1.89. The third kappa shape index (κ3) is 1.47. The van der Waals surface area contributed by atoms with Gasteiger partial charge in [-0.3, -0.25) is 4.79 Å². The van der Waals surface area contributed by atoms with Gasteiger partial charge in [-0.25, -0.2) is 0 Å². The van der Waals surface area contributed by atoms with Crippen LogP contribution in [0.2, 0.25) is 0 Å². The summed E-state index contributed by atoms with van der Waals surface area (Å²) in [7, 11) is 0. The molecule has 0 amide bonds. The highest BCUT2D eigenvalue weighted by atomic mass is 16.1. The molecule has 0 radical (unpaired) electrons. The van der Waals surface area contributed by atoms with Crippen molar-refractivity contribution in [2.45, 2.75) is 20.3 Å². The number of H-pyrrole nitrogens is 1. The number of aryl methyl sites for hydroxylation is 2. The first-order chi connectivity index (χ1) is 5.69. The van der Waals surface area contributed by atoms with Gasteiger partial charge in [-0.2, -0.15) is 0 Å². The molecular weight excluding hydrogens is 150 g/mol. The summed E-state index contributed by atoms with van der Waals surface area (Å²) in [6.07, 6.45) is 2.51. The lowest BCUT2D eigenvalue weighted by Gasteiger charge is -2.02. The third-order valence-electron chi connectivity index (χ3n) is 1.98. The van der Waals surface area contributed by atoms with Gasteiger partial charge in [0.2, 0.25) is 0 Å². The summed E-state index contributed by atoms with van der Waals surface area (Å²) < 4.78 is 0. The normalized spacial score (nSPS) is 9.83. The summed E-state index contributed by atoms with van der Waals surface area (Å²) in [6, 6.07) is 1.89.